The number of ether oxygens (including phenoxy) is 3. The van der Waals surface area contributed by atoms with E-state index in [2.05, 4.69) is 0 Å². The predicted molar refractivity (Wildman–Crippen MR) is 55.7 cm³/mol. The number of aliphatic hydroxyl groups is 2. The Hall–Kier alpha value is -0.690. The van der Waals surface area contributed by atoms with E-state index >= 15 is 0 Å². The molecule has 6 nitrogen and oxygen atoms in total. The van der Waals surface area contributed by atoms with Gasteiger partial charge in [0.05, 0.1) is 31.8 Å². The van der Waals surface area contributed by atoms with Crippen LogP contribution in [0.5, 0.6) is 0 Å². The van der Waals surface area contributed by atoms with E-state index in [1.54, 1.807) is 13.8 Å². The quantitative estimate of drug-likeness (QED) is 0.320. The number of esters is 1. The number of aliphatic hydroxyl groups excluding tert-OH is 2. The Labute approximate surface area is 95.1 Å². The zero-order chi connectivity index (χ0) is 12.4. The maximum atomic E-state index is 11.4. The number of hydrogen-bond donors (Lipinski definition) is 2. The van der Waals surface area contributed by atoms with Crippen molar-refractivity contribution in [1.29, 1.82) is 0 Å². The third-order valence-corrected chi connectivity index (χ3v) is 1.74. The van der Waals surface area contributed by atoms with Gasteiger partial charge in [0.25, 0.3) is 0 Å². The van der Waals surface area contributed by atoms with Crippen molar-refractivity contribution in [2.45, 2.75) is 13.8 Å². The largest absolute Gasteiger partial charge is 0.463 e. The fourth-order valence-electron chi connectivity index (χ4n) is 0.872. The molecule has 0 rings (SSSR count). The second kappa shape index (κ2) is 8.46. The molecule has 0 saturated heterocycles. The molecule has 0 aromatic rings. The summed E-state index contributed by atoms with van der Waals surface area (Å²) in [6.45, 7) is 3.48. The molecular formula is C10H20O6. The molecular weight excluding hydrogens is 216 g/mol. The van der Waals surface area contributed by atoms with Crippen LogP contribution in [0.3, 0.4) is 0 Å². The Morgan fingerprint density at radius 2 is 1.75 bits per heavy atom. The van der Waals surface area contributed by atoms with Crippen molar-refractivity contribution >= 4 is 5.97 Å². The van der Waals surface area contributed by atoms with Crippen LogP contribution < -0.4 is 0 Å². The lowest BCUT2D eigenvalue weighted by Crippen LogP contribution is -2.32. The monoisotopic (exact) mass is 236 g/mol. The lowest BCUT2D eigenvalue weighted by atomic mass is 9.95. The average Bonchev–Trinajstić information content (AvgIpc) is 2.25. The van der Waals surface area contributed by atoms with E-state index in [0.29, 0.717) is 0 Å². The maximum absolute atomic E-state index is 11.4. The highest BCUT2D eigenvalue weighted by Crippen LogP contribution is 2.17. The van der Waals surface area contributed by atoms with Gasteiger partial charge in [0.2, 0.25) is 0 Å². The SMILES string of the molecule is CC(C)(COCOCCO)C(=O)OCCO. The Balaban J connectivity index is 3.71. The molecule has 0 aliphatic rings. The topological polar surface area (TPSA) is 85.2 Å². The minimum atomic E-state index is -0.780. The fourth-order valence-corrected chi connectivity index (χ4v) is 0.872. The Morgan fingerprint density at radius 3 is 2.31 bits per heavy atom. The lowest BCUT2D eigenvalue weighted by Gasteiger charge is -2.21. The molecule has 0 spiro atoms. The van der Waals surface area contributed by atoms with Gasteiger partial charge in [-0.1, -0.05) is 0 Å². The van der Waals surface area contributed by atoms with Crippen LogP contribution in [0, 0.1) is 5.41 Å². The zero-order valence-corrected chi connectivity index (χ0v) is 9.77. The molecule has 0 radical (unpaired) electrons. The number of carbonyl (C=O) groups is 1. The van der Waals surface area contributed by atoms with Crippen LogP contribution >= 0.6 is 0 Å². The van der Waals surface area contributed by atoms with Gasteiger partial charge in [0.15, 0.2) is 0 Å². The molecule has 0 unspecified atom stereocenters. The first-order valence-corrected chi connectivity index (χ1v) is 5.09. The van der Waals surface area contributed by atoms with Gasteiger partial charge in [0, 0.05) is 0 Å². The van der Waals surface area contributed by atoms with Crippen molar-refractivity contribution in [3.8, 4) is 0 Å². The van der Waals surface area contributed by atoms with Gasteiger partial charge in [-0.2, -0.15) is 0 Å². The Kier molecular flexibility index (Phi) is 8.10. The van der Waals surface area contributed by atoms with Gasteiger partial charge < -0.3 is 24.4 Å². The van der Waals surface area contributed by atoms with Crippen LogP contribution in [-0.4, -0.2) is 56.0 Å². The summed E-state index contributed by atoms with van der Waals surface area (Å²) in [4.78, 5) is 11.4. The molecule has 0 aliphatic carbocycles. The second-order valence-corrected chi connectivity index (χ2v) is 3.84. The fraction of sp³-hybridized carbons (Fsp3) is 0.900. The van der Waals surface area contributed by atoms with Gasteiger partial charge in [-0.15, -0.1) is 0 Å². The summed E-state index contributed by atoms with van der Waals surface area (Å²) in [5, 5.41) is 16.9. The van der Waals surface area contributed by atoms with Crippen molar-refractivity contribution in [2.24, 2.45) is 5.41 Å². The van der Waals surface area contributed by atoms with E-state index in [1.807, 2.05) is 0 Å². The van der Waals surface area contributed by atoms with E-state index < -0.39 is 11.4 Å². The summed E-state index contributed by atoms with van der Waals surface area (Å²) in [5.41, 5.74) is -0.780. The van der Waals surface area contributed by atoms with Crippen molar-refractivity contribution < 1.29 is 29.2 Å². The smallest absolute Gasteiger partial charge is 0.313 e. The zero-order valence-electron chi connectivity index (χ0n) is 9.77. The summed E-state index contributed by atoms with van der Waals surface area (Å²) < 4.78 is 14.8. The van der Waals surface area contributed by atoms with E-state index in [-0.39, 0.29) is 39.8 Å². The average molecular weight is 236 g/mol. The van der Waals surface area contributed by atoms with Crippen molar-refractivity contribution in [2.75, 3.05) is 39.8 Å². The van der Waals surface area contributed by atoms with Crippen LogP contribution in [0.15, 0.2) is 0 Å². The minimum absolute atomic E-state index is 0.0106. The third kappa shape index (κ3) is 6.73. The third-order valence-electron chi connectivity index (χ3n) is 1.74. The molecule has 0 bridgehead atoms. The molecule has 2 N–H and O–H groups in total. The first-order chi connectivity index (χ1) is 7.54. The van der Waals surface area contributed by atoms with E-state index in [4.69, 9.17) is 24.4 Å². The summed E-state index contributed by atoms with van der Waals surface area (Å²) in [6, 6.07) is 0. The molecule has 0 aliphatic heterocycles. The lowest BCUT2D eigenvalue weighted by molar-refractivity contribution is -0.162. The summed E-state index contributed by atoms with van der Waals surface area (Å²) in [5.74, 6) is -0.427. The second-order valence-electron chi connectivity index (χ2n) is 3.84. The maximum Gasteiger partial charge on any atom is 0.313 e. The van der Waals surface area contributed by atoms with Gasteiger partial charge in [-0.25, -0.2) is 0 Å². The number of rotatable bonds is 9. The number of carbonyl (C=O) groups excluding carboxylic acids is 1. The molecule has 16 heavy (non-hydrogen) atoms. The molecule has 0 fully saturated rings. The van der Waals surface area contributed by atoms with Crippen LogP contribution in [-0.2, 0) is 19.0 Å². The van der Waals surface area contributed by atoms with Gasteiger partial charge in [-0.05, 0) is 13.8 Å². The first kappa shape index (κ1) is 15.3. The van der Waals surface area contributed by atoms with Crippen LogP contribution in [0.4, 0.5) is 0 Å². The van der Waals surface area contributed by atoms with E-state index in [1.165, 1.54) is 0 Å². The molecule has 0 aromatic heterocycles. The van der Waals surface area contributed by atoms with E-state index in [9.17, 15) is 4.79 Å². The summed E-state index contributed by atoms with van der Waals surface area (Å²) in [6.07, 6.45) is 0. The molecule has 96 valence electrons. The minimum Gasteiger partial charge on any atom is -0.463 e. The van der Waals surface area contributed by atoms with Gasteiger partial charge >= 0.3 is 5.97 Å². The van der Waals surface area contributed by atoms with Gasteiger partial charge in [0.1, 0.15) is 13.4 Å². The number of hydrogen-bond acceptors (Lipinski definition) is 6. The Morgan fingerprint density at radius 1 is 1.12 bits per heavy atom. The predicted octanol–water partition coefficient (Wildman–Crippen LogP) is -0.469. The highest BCUT2D eigenvalue weighted by molar-refractivity contribution is 5.76. The normalized spacial score (nSPS) is 11.5. The highest BCUT2D eigenvalue weighted by atomic mass is 16.7. The first-order valence-electron chi connectivity index (χ1n) is 5.09. The van der Waals surface area contributed by atoms with Crippen molar-refractivity contribution in [3.05, 3.63) is 0 Å². The van der Waals surface area contributed by atoms with Crippen molar-refractivity contribution in [3.63, 3.8) is 0 Å². The summed E-state index contributed by atoms with van der Waals surface area (Å²) >= 11 is 0. The summed E-state index contributed by atoms with van der Waals surface area (Å²) in [7, 11) is 0. The molecule has 0 aromatic carbocycles. The molecule has 0 heterocycles. The standard InChI is InChI=1S/C10H20O6/c1-10(2,9(13)16-6-4-12)7-15-8-14-5-3-11/h11-12H,3-8H2,1-2H3. The van der Waals surface area contributed by atoms with Crippen LogP contribution in [0.2, 0.25) is 0 Å². The molecule has 0 atom stereocenters. The highest BCUT2D eigenvalue weighted by Gasteiger charge is 2.29. The molecule has 6 heteroatoms. The molecule has 0 amide bonds. The van der Waals surface area contributed by atoms with Crippen LogP contribution in [0.25, 0.3) is 0 Å². The van der Waals surface area contributed by atoms with Crippen molar-refractivity contribution in [1.82, 2.24) is 0 Å². The molecule has 0 saturated carbocycles. The van der Waals surface area contributed by atoms with Crippen LogP contribution in [0.1, 0.15) is 13.8 Å². The van der Waals surface area contributed by atoms with E-state index in [0.717, 1.165) is 0 Å². The Bertz CT molecular complexity index is 192. The van der Waals surface area contributed by atoms with Gasteiger partial charge in [-0.3, -0.25) is 4.79 Å².